The third-order valence-corrected chi connectivity index (χ3v) is 3.61. The highest BCUT2D eigenvalue weighted by Gasteiger charge is 2.22. The molecule has 0 aliphatic rings. The van der Waals surface area contributed by atoms with Gasteiger partial charge in [-0.3, -0.25) is 0 Å². The first-order valence-electron chi connectivity index (χ1n) is 5.31. The van der Waals surface area contributed by atoms with Crippen LogP contribution in [0.5, 0.6) is 0 Å². The molecule has 0 saturated heterocycles. The first-order valence-corrected chi connectivity index (χ1v) is 6.23. The fourth-order valence-electron chi connectivity index (χ4n) is 1.69. The monoisotopic (exact) mass is 294 g/mol. The molecule has 0 saturated carbocycles. The number of benzene rings is 2. The van der Waals surface area contributed by atoms with Crippen molar-refractivity contribution in [3.05, 3.63) is 71.5 Å². The average molecular weight is 295 g/mol. The summed E-state index contributed by atoms with van der Waals surface area (Å²) in [6, 6.07) is 15.7. The molecule has 2 aromatic rings. The molecule has 0 spiro atoms. The fraction of sp³-hybridized carbons (Fsp3) is 0.143. The number of halogens is 2. The molecular weight excluding hydrogens is 283 g/mol. The van der Waals surface area contributed by atoms with E-state index in [0.29, 0.717) is 5.56 Å². The Kier molecular flexibility index (Phi) is 3.92. The van der Waals surface area contributed by atoms with E-state index in [1.54, 1.807) is 18.2 Å². The number of aliphatic hydroxyl groups is 1. The van der Waals surface area contributed by atoms with Gasteiger partial charge in [0.25, 0.3) is 0 Å². The maximum atomic E-state index is 13.6. The Labute approximate surface area is 108 Å². The second-order valence-corrected chi connectivity index (χ2v) is 4.77. The standard InChI is InChI=1S/C14H12BrFO/c15-13(11-8-4-5-9-12(11)16)14(17)10-6-2-1-3-7-10/h1-9,13-14,17H/t13-,14+/m1/s1. The molecule has 2 atom stereocenters. The molecule has 2 aromatic carbocycles. The van der Waals surface area contributed by atoms with E-state index in [4.69, 9.17) is 0 Å². The number of rotatable bonds is 3. The molecule has 0 heterocycles. The van der Waals surface area contributed by atoms with Gasteiger partial charge in [-0.2, -0.15) is 0 Å². The molecule has 0 fully saturated rings. The molecule has 0 amide bonds. The molecule has 0 aromatic heterocycles. The van der Waals surface area contributed by atoms with Crippen molar-refractivity contribution in [1.29, 1.82) is 0 Å². The van der Waals surface area contributed by atoms with Gasteiger partial charge in [0.05, 0.1) is 10.9 Å². The molecule has 88 valence electrons. The van der Waals surface area contributed by atoms with Gasteiger partial charge in [-0.25, -0.2) is 4.39 Å². The van der Waals surface area contributed by atoms with Crippen molar-refractivity contribution < 1.29 is 9.50 Å². The van der Waals surface area contributed by atoms with Gasteiger partial charge < -0.3 is 5.11 Å². The molecule has 3 heteroatoms. The zero-order valence-corrected chi connectivity index (χ0v) is 10.6. The summed E-state index contributed by atoms with van der Waals surface area (Å²) in [7, 11) is 0. The Morgan fingerprint density at radius 1 is 0.941 bits per heavy atom. The fourth-order valence-corrected chi connectivity index (χ4v) is 2.36. The summed E-state index contributed by atoms with van der Waals surface area (Å²) >= 11 is 3.35. The summed E-state index contributed by atoms with van der Waals surface area (Å²) in [5.74, 6) is -0.315. The van der Waals surface area contributed by atoms with Gasteiger partial charge in [-0.1, -0.05) is 64.5 Å². The predicted octanol–water partition coefficient (Wildman–Crippen LogP) is 4.00. The van der Waals surface area contributed by atoms with Gasteiger partial charge in [0.15, 0.2) is 0 Å². The van der Waals surface area contributed by atoms with Gasteiger partial charge in [0.2, 0.25) is 0 Å². The molecule has 0 radical (unpaired) electrons. The van der Waals surface area contributed by atoms with E-state index in [1.807, 2.05) is 30.3 Å². The molecule has 0 bridgehead atoms. The van der Waals surface area contributed by atoms with E-state index in [-0.39, 0.29) is 5.82 Å². The molecule has 1 N–H and O–H groups in total. The summed E-state index contributed by atoms with van der Waals surface area (Å²) in [5, 5.41) is 10.2. The zero-order chi connectivity index (χ0) is 12.3. The summed E-state index contributed by atoms with van der Waals surface area (Å²) in [4.78, 5) is -0.453. The molecule has 2 rings (SSSR count). The van der Waals surface area contributed by atoms with E-state index in [2.05, 4.69) is 15.9 Å². The summed E-state index contributed by atoms with van der Waals surface area (Å²) < 4.78 is 13.6. The smallest absolute Gasteiger partial charge is 0.127 e. The lowest BCUT2D eigenvalue weighted by Crippen LogP contribution is -2.06. The van der Waals surface area contributed by atoms with Crippen LogP contribution in [0.2, 0.25) is 0 Å². The first kappa shape index (κ1) is 12.3. The van der Waals surface area contributed by atoms with Crippen LogP contribution in [0, 0.1) is 5.82 Å². The van der Waals surface area contributed by atoms with E-state index in [9.17, 15) is 9.50 Å². The van der Waals surface area contributed by atoms with Crippen molar-refractivity contribution in [3.63, 3.8) is 0 Å². The Bertz CT molecular complexity index is 487. The normalized spacial score (nSPS) is 14.3. The van der Waals surface area contributed by atoms with Crippen molar-refractivity contribution in [1.82, 2.24) is 0 Å². The summed E-state index contributed by atoms with van der Waals surface area (Å²) in [5.41, 5.74) is 1.22. The van der Waals surface area contributed by atoms with Crippen molar-refractivity contribution >= 4 is 15.9 Å². The van der Waals surface area contributed by atoms with E-state index in [1.165, 1.54) is 6.07 Å². The van der Waals surface area contributed by atoms with Gasteiger partial charge in [-0.15, -0.1) is 0 Å². The number of hydrogen-bond donors (Lipinski definition) is 1. The summed E-state index contributed by atoms with van der Waals surface area (Å²) in [6.45, 7) is 0. The van der Waals surface area contributed by atoms with Gasteiger partial charge >= 0.3 is 0 Å². The third-order valence-electron chi connectivity index (χ3n) is 2.62. The zero-order valence-electron chi connectivity index (χ0n) is 9.05. The Morgan fingerprint density at radius 2 is 1.53 bits per heavy atom. The van der Waals surface area contributed by atoms with Crippen LogP contribution in [0.1, 0.15) is 22.1 Å². The van der Waals surface area contributed by atoms with Gasteiger partial charge in [0.1, 0.15) is 5.82 Å². The molecular formula is C14H12BrFO. The number of hydrogen-bond acceptors (Lipinski definition) is 1. The van der Waals surface area contributed by atoms with E-state index >= 15 is 0 Å². The van der Waals surface area contributed by atoms with Crippen molar-refractivity contribution in [2.75, 3.05) is 0 Å². The molecule has 0 aliphatic carbocycles. The lowest BCUT2D eigenvalue weighted by atomic mass is 10.0. The van der Waals surface area contributed by atoms with Crippen LogP contribution in [0.15, 0.2) is 54.6 Å². The van der Waals surface area contributed by atoms with E-state index in [0.717, 1.165) is 5.56 Å². The minimum absolute atomic E-state index is 0.315. The van der Waals surface area contributed by atoms with Gasteiger partial charge in [-0.05, 0) is 11.6 Å². The minimum atomic E-state index is -0.770. The Balaban J connectivity index is 2.27. The topological polar surface area (TPSA) is 20.2 Å². The maximum Gasteiger partial charge on any atom is 0.127 e. The predicted molar refractivity (Wildman–Crippen MR) is 69.5 cm³/mol. The van der Waals surface area contributed by atoms with Crippen molar-refractivity contribution in [2.45, 2.75) is 10.9 Å². The van der Waals surface area contributed by atoms with Crippen LogP contribution in [-0.4, -0.2) is 5.11 Å². The Hall–Kier alpha value is -1.19. The molecule has 0 unspecified atom stereocenters. The number of alkyl halides is 1. The first-order chi connectivity index (χ1) is 8.20. The maximum absolute atomic E-state index is 13.6. The quantitative estimate of drug-likeness (QED) is 0.849. The van der Waals surface area contributed by atoms with Crippen molar-refractivity contribution in [3.8, 4) is 0 Å². The van der Waals surface area contributed by atoms with Crippen LogP contribution in [0.4, 0.5) is 4.39 Å². The molecule has 0 aliphatic heterocycles. The largest absolute Gasteiger partial charge is 0.387 e. The lowest BCUT2D eigenvalue weighted by Gasteiger charge is -2.18. The third kappa shape index (κ3) is 2.73. The molecule has 1 nitrogen and oxygen atoms in total. The highest BCUT2D eigenvalue weighted by Crippen LogP contribution is 2.36. The molecule has 17 heavy (non-hydrogen) atoms. The summed E-state index contributed by atoms with van der Waals surface area (Å²) in [6.07, 6.45) is -0.770. The average Bonchev–Trinajstić information content (AvgIpc) is 2.39. The highest BCUT2D eigenvalue weighted by atomic mass is 79.9. The van der Waals surface area contributed by atoms with E-state index < -0.39 is 10.9 Å². The van der Waals surface area contributed by atoms with Crippen LogP contribution in [-0.2, 0) is 0 Å². The highest BCUT2D eigenvalue weighted by molar-refractivity contribution is 9.09. The lowest BCUT2D eigenvalue weighted by molar-refractivity contribution is 0.175. The van der Waals surface area contributed by atoms with Crippen molar-refractivity contribution in [2.24, 2.45) is 0 Å². The second-order valence-electron chi connectivity index (χ2n) is 3.78. The number of aliphatic hydroxyl groups excluding tert-OH is 1. The van der Waals surface area contributed by atoms with Crippen LogP contribution >= 0.6 is 15.9 Å². The second kappa shape index (κ2) is 5.43. The minimum Gasteiger partial charge on any atom is -0.387 e. The Morgan fingerprint density at radius 3 is 2.18 bits per heavy atom. The SMILES string of the molecule is O[C@@H](c1ccccc1)[C@H](Br)c1ccccc1F. The van der Waals surface area contributed by atoms with Gasteiger partial charge in [0, 0.05) is 5.56 Å². The van der Waals surface area contributed by atoms with Crippen LogP contribution < -0.4 is 0 Å². The van der Waals surface area contributed by atoms with Crippen LogP contribution in [0.25, 0.3) is 0 Å². The van der Waals surface area contributed by atoms with Crippen LogP contribution in [0.3, 0.4) is 0 Å².